The van der Waals surface area contributed by atoms with E-state index in [1.165, 1.54) is 4.90 Å². The number of nitrogens with one attached hydrogen (secondary N) is 1. The molecule has 7 nitrogen and oxygen atoms in total. The molecule has 0 aromatic heterocycles. The highest BCUT2D eigenvalue weighted by Gasteiger charge is 2.26. The van der Waals surface area contributed by atoms with Gasteiger partial charge in [0.25, 0.3) is 0 Å². The quantitative estimate of drug-likeness (QED) is 0.751. The van der Waals surface area contributed by atoms with Gasteiger partial charge < -0.3 is 15.3 Å². The summed E-state index contributed by atoms with van der Waals surface area (Å²) in [4.78, 5) is 24.4. The van der Waals surface area contributed by atoms with E-state index in [1.54, 1.807) is 0 Å². The van der Waals surface area contributed by atoms with E-state index < -0.39 is 21.7 Å². The van der Waals surface area contributed by atoms with Gasteiger partial charge in [0.2, 0.25) is 0 Å². The van der Waals surface area contributed by atoms with Gasteiger partial charge in [0.15, 0.2) is 9.84 Å². The van der Waals surface area contributed by atoms with Gasteiger partial charge in [-0.15, -0.1) is 0 Å². The summed E-state index contributed by atoms with van der Waals surface area (Å²) in [7, 11) is -3.24. The van der Waals surface area contributed by atoms with E-state index in [2.05, 4.69) is 5.32 Å². The number of likely N-dealkylation sites (tertiary alicyclic amines) is 1. The van der Waals surface area contributed by atoms with Crippen molar-refractivity contribution in [2.24, 2.45) is 5.92 Å². The monoisotopic (exact) mass is 368 g/mol. The summed E-state index contributed by atoms with van der Waals surface area (Å²) in [5, 5.41) is 11.6. The first-order valence-electron chi connectivity index (χ1n) is 8.37. The zero-order valence-electron chi connectivity index (χ0n) is 14.1. The number of rotatable bonds is 7. The molecule has 1 aromatic carbocycles. The Bertz CT molecular complexity index is 682. The highest BCUT2D eigenvalue weighted by atomic mass is 32.2. The van der Waals surface area contributed by atoms with Crippen LogP contribution in [0.1, 0.15) is 18.4 Å². The molecule has 1 saturated heterocycles. The predicted octanol–water partition coefficient (Wildman–Crippen LogP) is 1.15. The average Bonchev–Trinajstić information content (AvgIpc) is 2.61. The molecular formula is C17H24N2O5S. The summed E-state index contributed by atoms with van der Waals surface area (Å²) < 4.78 is 24.1. The number of carboxylic acid groups (broad SMARTS) is 1. The van der Waals surface area contributed by atoms with Gasteiger partial charge in [0, 0.05) is 19.6 Å². The van der Waals surface area contributed by atoms with Crippen molar-refractivity contribution in [1.29, 1.82) is 0 Å². The summed E-state index contributed by atoms with van der Waals surface area (Å²) in [5.41, 5.74) is 0.969. The van der Waals surface area contributed by atoms with Crippen molar-refractivity contribution >= 4 is 21.8 Å². The number of carbonyl (C=O) groups excluding carboxylic acids is 1. The van der Waals surface area contributed by atoms with Crippen LogP contribution in [0.5, 0.6) is 0 Å². The fraction of sp³-hybridized carbons (Fsp3) is 0.529. The first-order chi connectivity index (χ1) is 11.9. The molecule has 1 aromatic rings. The molecule has 0 radical (unpaired) electrons. The molecule has 2 N–H and O–H groups in total. The summed E-state index contributed by atoms with van der Waals surface area (Å²) in [6, 6.07) is 9.07. The third-order valence-electron chi connectivity index (χ3n) is 4.37. The van der Waals surface area contributed by atoms with Crippen molar-refractivity contribution in [3.63, 3.8) is 0 Å². The zero-order valence-corrected chi connectivity index (χ0v) is 14.9. The Morgan fingerprint density at radius 2 is 1.76 bits per heavy atom. The van der Waals surface area contributed by atoms with E-state index in [0.29, 0.717) is 32.4 Å². The molecule has 0 atom stereocenters. The van der Waals surface area contributed by atoms with Gasteiger partial charge in [-0.3, -0.25) is 4.79 Å². The molecule has 1 heterocycles. The van der Waals surface area contributed by atoms with Gasteiger partial charge in [-0.05, 0) is 24.8 Å². The maximum absolute atomic E-state index is 12.0. The van der Waals surface area contributed by atoms with Crippen LogP contribution in [0.25, 0.3) is 0 Å². The number of amides is 2. The molecule has 8 heteroatoms. The third-order valence-corrected chi connectivity index (χ3v) is 6.02. The van der Waals surface area contributed by atoms with Gasteiger partial charge in [-0.1, -0.05) is 30.3 Å². The van der Waals surface area contributed by atoms with Crippen molar-refractivity contribution in [3.05, 3.63) is 35.9 Å². The largest absolute Gasteiger partial charge is 0.481 e. The highest BCUT2D eigenvalue weighted by molar-refractivity contribution is 7.91. The van der Waals surface area contributed by atoms with Gasteiger partial charge in [-0.25, -0.2) is 13.2 Å². The van der Waals surface area contributed by atoms with Crippen LogP contribution < -0.4 is 5.32 Å². The standard InChI is InChI=1S/C17H24N2O5S/c20-16(21)15-6-10-19(11-7-15)17(22)18-9-13-25(23,24)12-8-14-4-2-1-3-5-14/h1-5,15H,6-13H2,(H,18,22)(H,20,21). The Balaban J connectivity index is 1.69. The van der Waals surface area contributed by atoms with Crippen LogP contribution in [0, 0.1) is 5.92 Å². The minimum atomic E-state index is -3.24. The number of carbonyl (C=O) groups is 2. The van der Waals surface area contributed by atoms with Gasteiger partial charge in [-0.2, -0.15) is 0 Å². The Kier molecular flexibility index (Phi) is 6.81. The summed E-state index contributed by atoms with van der Waals surface area (Å²) in [6.45, 7) is 0.821. The number of nitrogens with zero attached hydrogens (tertiary/aromatic N) is 1. The van der Waals surface area contributed by atoms with E-state index in [-0.39, 0.29) is 24.1 Å². The number of aliphatic carboxylic acids is 1. The molecule has 0 saturated carbocycles. The molecule has 0 spiro atoms. The van der Waals surface area contributed by atoms with Crippen LogP contribution in [-0.4, -0.2) is 61.6 Å². The lowest BCUT2D eigenvalue weighted by Gasteiger charge is -2.30. The third kappa shape index (κ3) is 6.38. The number of hydrogen-bond donors (Lipinski definition) is 2. The number of piperidine rings is 1. The van der Waals surface area contributed by atoms with Gasteiger partial charge in [0.1, 0.15) is 0 Å². The molecule has 0 aliphatic carbocycles. The summed E-state index contributed by atoms with van der Waals surface area (Å²) >= 11 is 0. The number of benzene rings is 1. The second-order valence-corrected chi connectivity index (χ2v) is 8.52. The lowest BCUT2D eigenvalue weighted by molar-refractivity contribution is -0.143. The minimum Gasteiger partial charge on any atom is -0.481 e. The fourth-order valence-corrected chi connectivity index (χ4v) is 3.94. The number of sulfone groups is 1. The van der Waals surface area contributed by atoms with Crippen molar-refractivity contribution in [2.75, 3.05) is 31.1 Å². The van der Waals surface area contributed by atoms with E-state index in [1.807, 2.05) is 30.3 Å². The lowest BCUT2D eigenvalue weighted by Crippen LogP contribution is -2.46. The second kappa shape index (κ2) is 8.84. The summed E-state index contributed by atoms with van der Waals surface area (Å²) in [6.07, 6.45) is 1.32. The number of hydrogen-bond acceptors (Lipinski definition) is 4. The zero-order chi connectivity index (χ0) is 18.3. The van der Waals surface area contributed by atoms with E-state index in [9.17, 15) is 18.0 Å². The molecular weight excluding hydrogens is 344 g/mol. The maximum atomic E-state index is 12.0. The topological polar surface area (TPSA) is 104 Å². The van der Waals surface area contributed by atoms with Crippen LogP contribution in [0.2, 0.25) is 0 Å². The van der Waals surface area contributed by atoms with Crippen LogP contribution >= 0.6 is 0 Å². The minimum absolute atomic E-state index is 0.0525. The first-order valence-corrected chi connectivity index (χ1v) is 10.2. The van der Waals surface area contributed by atoms with E-state index in [0.717, 1.165) is 5.56 Å². The Morgan fingerprint density at radius 1 is 1.12 bits per heavy atom. The Morgan fingerprint density at radius 3 is 2.36 bits per heavy atom. The predicted molar refractivity (Wildman–Crippen MR) is 94.1 cm³/mol. The van der Waals surface area contributed by atoms with E-state index in [4.69, 9.17) is 5.11 Å². The molecule has 0 unspecified atom stereocenters. The van der Waals surface area contributed by atoms with Crippen molar-refractivity contribution < 1.29 is 23.1 Å². The molecule has 0 bridgehead atoms. The Hall–Kier alpha value is -2.09. The van der Waals surface area contributed by atoms with Crippen LogP contribution in [0.4, 0.5) is 4.79 Å². The van der Waals surface area contributed by atoms with Gasteiger partial charge >= 0.3 is 12.0 Å². The number of aryl methyl sites for hydroxylation is 1. The normalized spacial score (nSPS) is 15.8. The number of urea groups is 1. The Labute approximate surface area is 147 Å². The van der Waals surface area contributed by atoms with Crippen LogP contribution in [0.15, 0.2) is 30.3 Å². The first kappa shape index (κ1) is 19.2. The van der Waals surface area contributed by atoms with Crippen LogP contribution in [0.3, 0.4) is 0 Å². The molecule has 1 fully saturated rings. The molecule has 1 aliphatic heterocycles. The fourth-order valence-electron chi connectivity index (χ4n) is 2.77. The highest BCUT2D eigenvalue weighted by Crippen LogP contribution is 2.17. The van der Waals surface area contributed by atoms with E-state index >= 15 is 0 Å². The van der Waals surface area contributed by atoms with Crippen molar-refractivity contribution in [1.82, 2.24) is 10.2 Å². The molecule has 2 amide bonds. The van der Waals surface area contributed by atoms with Crippen molar-refractivity contribution in [3.8, 4) is 0 Å². The molecule has 25 heavy (non-hydrogen) atoms. The van der Waals surface area contributed by atoms with Crippen molar-refractivity contribution in [2.45, 2.75) is 19.3 Å². The number of carboxylic acids is 1. The average molecular weight is 368 g/mol. The molecule has 138 valence electrons. The smallest absolute Gasteiger partial charge is 0.317 e. The second-order valence-electron chi connectivity index (χ2n) is 6.22. The van der Waals surface area contributed by atoms with Crippen LogP contribution in [-0.2, 0) is 21.1 Å². The molecule has 1 aliphatic rings. The van der Waals surface area contributed by atoms with Gasteiger partial charge in [0.05, 0.1) is 17.4 Å². The molecule has 2 rings (SSSR count). The maximum Gasteiger partial charge on any atom is 0.317 e. The lowest BCUT2D eigenvalue weighted by atomic mass is 9.97. The SMILES string of the molecule is O=C(O)C1CCN(C(=O)NCCS(=O)(=O)CCc2ccccc2)CC1. The summed E-state index contributed by atoms with van der Waals surface area (Å²) in [5.74, 6) is -1.28.